The maximum absolute atomic E-state index is 15.0. The Bertz CT molecular complexity index is 1920. The Morgan fingerprint density at radius 1 is 0.915 bits per heavy atom. The molecule has 0 spiro atoms. The molecule has 1 amide bonds. The molecule has 0 aliphatic rings. The first-order valence-corrected chi connectivity index (χ1v) is 16.6. The maximum Gasteiger partial charge on any atom is 0.408 e. The van der Waals surface area contributed by atoms with Gasteiger partial charge in [0.2, 0.25) is 0 Å². The van der Waals surface area contributed by atoms with Gasteiger partial charge in [-0.3, -0.25) is 0 Å². The van der Waals surface area contributed by atoms with Crippen molar-refractivity contribution in [1.82, 2.24) is 5.32 Å². The highest BCUT2D eigenvalue weighted by Gasteiger charge is 2.25. The topological polar surface area (TPSA) is 98.0 Å². The molecule has 0 saturated heterocycles. The third-order valence-electron chi connectivity index (χ3n) is 7.55. The monoisotopic (exact) mass is 657 g/mol. The molecule has 0 bridgehead atoms. The molecule has 5 rings (SSSR count). The molecule has 7 nitrogen and oxygen atoms in total. The lowest BCUT2D eigenvalue weighted by Gasteiger charge is -2.24. The molecule has 4 aromatic carbocycles. The van der Waals surface area contributed by atoms with Gasteiger partial charge in [-0.1, -0.05) is 81.4 Å². The number of fused-ring (bicyclic) bond motifs is 3. The number of para-hydroxylation sites is 2. The van der Waals surface area contributed by atoms with Gasteiger partial charge in [0.25, 0.3) is 0 Å². The Balaban J connectivity index is 1.26. The molecular formula is C38H40FNO6S. The second kappa shape index (κ2) is 13.7. The normalized spacial score (nSPS) is 12.7. The number of carbonyl (C=O) groups is 2. The zero-order valence-corrected chi connectivity index (χ0v) is 28.3. The van der Waals surface area contributed by atoms with E-state index in [1.807, 2.05) is 24.3 Å². The van der Waals surface area contributed by atoms with E-state index in [0.29, 0.717) is 11.3 Å². The SMILES string of the molecule is CC(C)(C)OC(=O)NC(CSCc1ccc(OCc2ccc(-c3cccc4c3oc3ccccc34)c(C(C)(C)C)c2)cc1F)C(=O)O. The van der Waals surface area contributed by atoms with Gasteiger partial charge in [0.05, 0.1) is 0 Å². The van der Waals surface area contributed by atoms with E-state index in [1.54, 1.807) is 32.9 Å². The molecule has 0 aliphatic carbocycles. The third kappa shape index (κ3) is 8.27. The lowest BCUT2D eigenvalue weighted by atomic mass is 9.80. The van der Waals surface area contributed by atoms with E-state index < -0.39 is 29.5 Å². The zero-order chi connectivity index (χ0) is 33.9. The van der Waals surface area contributed by atoms with Crippen molar-refractivity contribution in [3.8, 4) is 16.9 Å². The first-order valence-electron chi connectivity index (χ1n) is 15.4. The second-order valence-electron chi connectivity index (χ2n) is 13.5. The number of rotatable bonds is 10. The van der Waals surface area contributed by atoms with Crippen molar-refractivity contribution in [2.24, 2.45) is 0 Å². The molecule has 0 aliphatic heterocycles. The fraction of sp³-hybridized carbons (Fsp3) is 0.316. The molecule has 0 radical (unpaired) electrons. The highest BCUT2D eigenvalue weighted by molar-refractivity contribution is 7.98. The van der Waals surface area contributed by atoms with Gasteiger partial charge < -0.3 is 24.3 Å². The van der Waals surface area contributed by atoms with Crippen molar-refractivity contribution in [3.63, 3.8) is 0 Å². The van der Waals surface area contributed by atoms with E-state index in [0.717, 1.165) is 44.2 Å². The van der Waals surface area contributed by atoms with Crippen LogP contribution >= 0.6 is 11.8 Å². The molecule has 1 atom stereocenters. The number of carboxylic acid groups (broad SMARTS) is 1. The molecule has 0 fully saturated rings. The number of hydrogen-bond acceptors (Lipinski definition) is 6. The van der Waals surface area contributed by atoms with Gasteiger partial charge in [-0.2, -0.15) is 11.8 Å². The van der Waals surface area contributed by atoms with Gasteiger partial charge >= 0.3 is 12.1 Å². The van der Waals surface area contributed by atoms with E-state index >= 15 is 4.39 Å². The van der Waals surface area contributed by atoms with Crippen LogP contribution in [0.3, 0.4) is 0 Å². The number of aliphatic carboxylic acids is 1. The van der Waals surface area contributed by atoms with Crippen LogP contribution in [0, 0.1) is 5.82 Å². The number of amides is 1. The van der Waals surface area contributed by atoms with Gasteiger partial charge in [0, 0.05) is 33.9 Å². The Labute approximate surface area is 278 Å². The summed E-state index contributed by atoms with van der Waals surface area (Å²) in [5.74, 6) is -0.989. The summed E-state index contributed by atoms with van der Waals surface area (Å²) in [6.07, 6.45) is -0.814. The maximum atomic E-state index is 15.0. The minimum Gasteiger partial charge on any atom is -0.489 e. The average Bonchev–Trinajstić information content (AvgIpc) is 3.38. The minimum absolute atomic E-state index is 0.0449. The molecular weight excluding hydrogens is 617 g/mol. The number of carbonyl (C=O) groups excluding carboxylic acids is 1. The number of halogens is 1. The second-order valence-corrected chi connectivity index (χ2v) is 14.5. The predicted molar refractivity (Wildman–Crippen MR) is 186 cm³/mol. The summed E-state index contributed by atoms with van der Waals surface area (Å²) >= 11 is 1.20. The summed E-state index contributed by atoms with van der Waals surface area (Å²) in [5.41, 5.74) is 5.40. The number of nitrogens with one attached hydrogen (secondary N) is 1. The summed E-state index contributed by atoms with van der Waals surface area (Å²) in [5, 5.41) is 14.0. The lowest BCUT2D eigenvalue weighted by molar-refractivity contribution is -0.138. The quantitative estimate of drug-likeness (QED) is 0.154. The fourth-order valence-electron chi connectivity index (χ4n) is 5.31. The standard InChI is InChI=1S/C38H40FNO6S/c1-37(2,3)30-18-23(14-17-26(30)28-11-9-12-29-27-10-7-8-13-33(27)45-34(28)29)20-44-25-16-15-24(31(39)19-25)21-47-22-32(35(41)42)40-36(43)46-38(4,5)6/h7-19,32H,20-22H2,1-6H3,(H,40,43)(H,41,42). The first kappa shape index (κ1) is 33.9. The predicted octanol–water partition coefficient (Wildman–Crippen LogP) is 9.48. The van der Waals surface area contributed by atoms with Crippen LogP contribution in [-0.2, 0) is 27.3 Å². The fourth-order valence-corrected chi connectivity index (χ4v) is 6.34. The first-order chi connectivity index (χ1) is 22.2. The molecule has 5 aromatic rings. The van der Waals surface area contributed by atoms with Crippen LogP contribution in [0.4, 0.5) is 9.18 Å². The highest BCUT2D eigenvalue weighted by Crippen LogP contribution is 2.40. The number of benzene rings is 4. The van der Waals surface area contributed by atoms with Crippen LogP contribution in [0.2, 0.25) is 0 Å². The largest absolute Gasteiger partial charge is 0.489 e. The number of furan rings is 1. The Hall–Kier alpha value is -4.50. The Kier molecular flexibility index (Phi) is 9.86. The highest BCUT2D eigenvalue weighted by atomic mass is 32.2. The van der Waals surface area contributed by atoms with Gasteiger partial charge in [0.15, 0.2) is 0 Å². The molecule has 0 saturated carbocycles. The van der Waals surface area contributed by atoms with Gasteiger partial charge in [-0.05, 0) is 60.6 Å². The number of alkyl carbamates (subject to hydrolysis) is 1. The molecule has 1 unspecified atom stereocenters. The van der Waals surface area contributed by atoms with Crippen LogP contribution in [0.15, 0.2) is 83.3 Å². The van der Waals surface area contributed by atoms with Crippen LogP contribution in [0.5, 0.6) is 5.75 Å². The van der Waals surface area contributed by atoms with Crippen molar-refractivity contribution in [3.05, 3.63) is 101 Å². The lowest BCUT2D eigenvalue weighted by Crippen LogP contribution is -2.44. The Morgan fingerprint density at radius 2 is 1.66 bits per heavy atom. The van der Waals surface area contributed by atoms with E-state index in [4.69, 9.17) is 13.9 Å². The summed E-state index contributed by atoms with van der Waals surface area (Å²) in [7, 11) is 0. The van der Waals surface area contributed by atoms with Gasteiger partial charge in [-0.25, -0.2) is 14.0 Å². The van der Waals surface area contributed by atoms with Gasteiger partial charge in [0.1, 0.15) is 41.0 Å². The van der Waals surface area contributed by atoms with Crippen molar-refractivity contribution >= 4 is 45.8 Å². The molecule has 1 aromatic heterocycles. The number of thioether (sulfide) groups is 1. The number of carboxylic acids is 1. The van der Waals surface area contributed by atoms with Crippen molar-refractivity contribution in [2.75, 3.05) is 5.75 Å². The summed E-state index contributed by atoms with van der Waals surface area (Å²) < 4.78 is 32.5. The molecule has 9 heteroatoms. The summed E-state index contributed by atoms with van der Waals surface area (Å²) in [6.45, 7) is 11.9. The van der Waals surface area contributed by atoms with E-state index in [2.05, 4.69) is 62.5 Å². The average molecular weight is 658 g/mol. The molecule has 2 N–H and O–H groups in total. The molecule has 246 valence electrons. The Morgan fingerprint density at radius 3 is 2.36 bits per heavy atom. The van der Waals surface area contributed by atoms with Crippen molar-refractivity contribution < 1.29 is 33.0 Å². The number of hydrogen-bond donors (Lipinski definition) is 2. The van der Waals surface area contributed by atoms with Crippen molar-refractivity contribution in [1.29, 1.82) is 0 Å². The van der Waals surface area contributed by atoms with E-state index in [-0.39, 0.29) is 23.5 Å². The van der Waals surface area contributed by atoms with Crippen LogP contribution in [0.1, 0.15) is 58.2 Å². The number of ether oxygens (including phenoxy) is 2. The minimum atomic E-state index is -1.19. The van der Waals surface area contributed by atoms with Crippen molar-refractivity contribution in [2.45, 2.75) is 71.0 Å². The van der Waals surface area contributed by atoms with Crippen LogP contribution in [-0.4, -0.2) is 34.6 Å². The molecule has 47 heavy (non-hydrogen) atoms. The van der Waals surface area contributed by atoms with Gasteiger partial charge in [-0.15, -0.1) is 0 Å². The summed E-state index contributed by atoms with van der Waals surface area (Å²) in [4.78, 5) is 23.6. The van der Waals surface area contributed by atoms with Crippen LogP contribution in [0.25, 0.3) is 33.1 Å². The van der Waals surface area contributed by atoms with E-state index in [1.165, 1.54) is 17.8 Å². The molecule has 1 heterocycles. The van der Waals surface area contributed by atoms with E-state index in [9.17, 15) is 14.7 Å². The summed E-state index contributed by atoms with van der Waals surface area (Å²) in [6, 6.07) is 24.1. The van der Waals surface area contributed by atoms with Crippen LogP contribution < -0.4 is 10.1 Å². The zero-order valence-electron chi connectivity index (χ0n) is 27.5. The third-order valence-corrected chi connectivity index (χ3v) is 8.63. The smallest absolute Gasteiger partial charge is 0.408 e.